The van der Waals surface area contributed by atoms with Gasteiger partial charge in [0.05, 0.1) is 24.5 Å². The molecular weight excluding hydrogens is 382 g/mol. The van der Waals surface area contributed by atoms with E-state index in [0.29, 0.717) is 17.9 Å². The van der Waals surface area contributed by atoms with Crippen molar-refractivity contribution in [3.8, 4) is 5.75 Å². The fourth-order valence-corrected chi connectivity index (χ4v) is 3.35. The van der Waals surface area contributed by atoms with Gasteiger partial charge < -0.3 is 24.2 Å². The van der Waals surface area contributed by atoms with Gasteiger partial charge in [-0.2, -0.15) is 0 Å². The van der Waals surface area contributed by atoms with E-state index in [1.807, 2.05) is 38.1 Å². The Balaban J connectivity index is 1.33. The molecule has 156 valence electrons. The van der Waals surface area contributed by atoms with Crippen LogP contribution in [0.4, 0.5) is 11.4 Å². The maximum absolute atomic E-state index is 12.5. The third-order valence-electron chi connectivity index (χ3n) is 5.18. The maximum atomic E-state index is 12.5. The minimum Gasteiger partial charge on any atom is -0.489 e. The molecule has 1 aliphatic rings. The van der Waals surface area contributed by atoms with Crippen molar-refractivity contribution in [2.24, 2.45) is 0 Å². The molecule has 1 saturated heterocycles. The SMILES string of the molecule is Cc1noc(C)c1COc1ccc(C(=O)Nc2ccc(N3CCOCC3)cc2)cc1. The molecule has 7 nitrogen and oxygen atoms in total. The molecule has 2 heterocycles. The lowest BCUT2D eigenvalue weighted by atomic mass is 10.2. The second kappa shape index (κ2) is 9.00. The summed E-state index contributed by atoms with van der Waals surface area (Å²) in [4.78, 5) is 14.8. The molecule has 0 unspecified atom stereocenters. The third kappa shape index (κ3) is 4.63. The highest BCUT2D eigenvalue weighted by molar-refractivity contribution is 6.04. The van der Waals surface area contributed by atoms with Gasteiger partial charge in [-0.1, -0.05) is 5.16 Å². The van der Waals surface area contributed by atoms with Gasteiger partial charge in [-0.05, 0) is 62.4 Å². The number of hydrogen-bond acceptors (Lipinski definition) is 6. The molecule has 0 atom stereocenters. The van der Waals surface area contributed by atoms with Gasteiger partial charge in [0.1, 0.15) is 18.1 Å². The highest BCUT2D eigenvalue weighted by Gasteiger charge is 2.12. The Morgan fingerprint density at radius 2 is 1.77 bits per heavy atom. The van der Waals surface area contributed by atoms with Gasteiger partial charge in [0, 0.05) is 30.0 Å². The molecule has 1 aliphatic heterocycles. The van der Waals surface area contributed by atoms with Crippen molar-refractivity contribution in [2.45, 2.75) is 20.5 Å². The average Bonchev–Trinajstić information content (AvgIpc) is 3.11. The summed E-state index contributed by atoms with van der Waals surface area (Å²) in [6, 6.07) is 15.0. The average molecular weight is 407 g/mol. The molecular formula is C23H25N3O4. The van der Waals surface area contributed by atoms with Crippen molar-refractivity contribution < 1.29 is 18.8 Å². The topological polar surface area (TPSA) is 76.8 Å². The first-order valence-electron chi connectivity index (χ1n) is 9.99. The van der Waals surface area contributed by atoms with Gasteiger partial charge in [-0.15, -0.1) is 0 Å². The predicted octanol–water partition coefficient (Wildman–Crippen LogP) is 3.96. The molecule has 1 amide bonds. The molecule has 1 N–H and O–H groups in total. The third-order valence-corrected chi connectivity index (χ3v) is 5.18. The molecule has 0 saturated carbocycles. The first-order valence-corrected chi connectivity index (χ1v) is 9.99. The number of anilines is 2. The van der Waals surface area contributed by atoms with E-state index in [-0.39, 0.29) is 5.91 Å². The number of carbonyl (C=O) groups is 1. The standard InChI is InChI=1S/C23H25N3O4/c1-16-22(17(2)30-25-16)15-29-21-9-3-18(4-10-21)23(27)24-19-5-7-20(8-6-19)26-11-13-28-14-12-26/h3-10H,11-15H2,1-2H3,(H,24,27). The van der Waals surface area contributed by atoms with E-state index in [1.54, 1.807) is 24.3 Å². The number of ether oxygens (including phenoxy) is 2. The first-order chi connectivity index (χ1) is 14.6. The van der Waals surface area contributed by atoms with Gasteiger partial charge >= 0.3 is 0 Å². The highest BCUT2D eigenvalue weighted by atomic mass is 16.5. The number of benzene rings is 2. The molecule has 0 spiro atoms. The van der Waals surface area contributed by atoms with Gasteiger partial charge in [0.25, 0.3) is 5.91 Å². The number of hydrogen-bond donors (Lipinski definition) is 1. The molecule has 1 fully saturated rings. The number of amides is 1. The van der Waals surface area contributed by atoms with Gasteiger partial charge in [-0.25, -0.2) is 0 Å². The molecule has 30 heavy (non-hydrogen) atoms. The van der Waals surface area contributed by atoms with E-state index in [1.165, 1.54) is 0 Å². The van der Waals surface area contributed by atoms with Crippen LogP contribution in [-0.2, 0) is 11.3 Å². The van der Waals surface area contributed by atoms with Crippen molar-refractivity contribution in [1.29, 1.82) is 0 Å². The summed E-state index contributed by atoms with van der Waals surface area (Å²) >= 11 is 0. The minimum absolute atomic E-state index is 0.161. The van der Waals surface area contributed by atoms with Crippen LogP contribution < -0.4 is 15.0 Å². The minimum atomic E-state index is -0.161. The zero-order valence-electron chi connectivity index (χ0n) is 17.2. The van der Waals surface area contributed by atoms with Crippen LogP contribution in [0.25, 0.3) is 0 Å². The monoisotopic (exact) mass is 407 g/mol. The summed E-state index contributed by atoms with van der Waals surface area (Å²) in [5.41, 5.74) is 4.23. The normalized spacial score (nSPS) is 13.9. The Morgan fingerprint density at radius 1 is 1.07 bits per heavy atom. The van der Waals surface area contributed by atoms with Gasteiger partial charge in [0.15, 0.2) is 0 Å². The molecule has 3 aromatic rings. The number of nitrogens with one attached hydrogen (secondary N) is 1. The van der Waals surface area contributed by atoms with Crippen LogP contribution in [0.3, 0.4) is 0 Å². The number of carbonyl (C=O) groups excluding carboxylic acids is 1. The molecule has 4 rings (SSSR count). The number of rotatable bonds is 6. The Bertz CT molecular complexity index is 971. The Kier molecular flexibility index (Phi) is 5.99. The molecule has 7 heteroatoms. The fraction of sp³-hybridized carbons (Fsp3) is 0.304. The zero-order valence-corrected chi connectivity index (χ0v) is 17.2. The van der Waals surface area contributed by atoms with Crippen molar-refractivity contribution in [3.63, 3.8) is 0 Å². The van der Waals surface area contributed by atoms with Crippen LogP contribution in [0.15, 0.2) is 53.1 Å². The van der Waals surface area contributed by atoms with Crippen LogP contribution in [0.1, 0.15) is 27.4 Å². The zero-order chi connectivity index (χ0) is 20.9. The lowest BCUT2D eigenvalue weighted by Crippen LogP contribution is -2.36. The number of aromatic nitrogens is 1. The number of nitrogens with zero attached hydrogens (tertiary/aromatic N) is 2. The second-order valence-electron chi connectivity index (χ2n) is 7.22. The van der Waals surface area contributed by atoms with E-state index in [2.05, 4.69) is 15.4 Å². The molecule has 2 aromatic carbocycles. The van der Waals surface area contributed by atoms with Crippen molar-refractivity contribution >= 4 is 17.3 Å². The van der Waals surface area contributed by atoms with E-state index in [0.717, 1.165) is 54.7 Å². The van der Waals surface area contributed by atoms with E-state index >= 15 is 0 Å². The summed E-state index contributed by atoms with van der Waals surface area (Å²) in [7, 11) is 0. The summed E-state index contributed by atoms with van der Waals surface area (Å²) in [6.07, 6.45) is 0. The summed E-state index contributed by atoms with van der Waals surface area (Å²) in [6.45, 7) is 7.39. The van der Waals surface area contributed by atoms with E-state index in [9.17, 15) is 4.79 Å². The largest absolute Gasteiger partial charge is 0.489 e. The Hall–Kier alpha value is -3.32. The summed E-state index contributed by atoms with van der Waals surface area (Å²) in [5, 5.41) is 6.85. The molecule has 0 bridgehead atoms. The first kappa shape index (κ1) is 20.0. The van der Waals surface area contributed by atoms with Gasteiger partial charge in [-0.3, -0.25) is 4.79 Å². The fourth-order valence-electron chi connectivity index (χ4n) is 3.35. The van der Waals surface area contributed by atoms with Crippen LogP contribution >= 0.6 is 0 Å². The van der Waals surface area contributed by atoms with E-state index < -0.39 is 0 Å². The lowest BCUT2D eigenvalue weighted by Gasteiger charge is -2.28. The summed E-state index contributed by atoms with van der Waals surface area (Å²) in [5.74, 6) is 1.27. The quantitative estimate of drug-likeness (QED) is 0.667. The Labute approximate surface area is 175 Å². The highest BCUT2D eigenvalue weighted by Crippen LogP contribution is 2.21. The van der Waals surface area contributed by atoms with Crippen LogP contribution in [0.2, 0.25) is 0 Å². The van der Waals surface area contributed by atoms with Crippen molar-refractivity contribution in [1.82, 2.24) is 5.16 Å². The van der Waals surface area contributed by atoms with E-state index in [4.69, 9.17) is 14.0 Å². The predicted molar refractivity (Wildman–Crippen MR) is 114 cm³/mol. The van der Waals surface area contributed by atoms with Gasteiger partial charge in [0.2, 0.25) is 0 Å². The van der Waals surface area contributed by atoms with Crippen molar-refractivity contribution in [2.75, 3.05) is 36.5 Å². The smallest absolute Gasteiger partial charge is 0.255 e. The van der Waals surface area contributed by atoms with Crippen molar-refractivity contribution in [3.05, 3.63) is 71.1 Å². The number of morpholine rings is 1. The van der Waals surface area contributed by atoms with Crippen LogP contribution in [-0.4, -0.2) is 37.4 Å². The molecule has 0 radical (unpaired) electrons. The summed E-state index contributed by atoms with van der Waals surface area (Å²) < 4.78 is 16.3. The molecule has 1 aromatic heterocycles. The van der Waals surface area contributed by atoms with Crippen LogP contribution in [0.5, 0.6) is 5.75 Å². The Morgan fingerprint density at radius 3 is 2.40 bits per heavy atom. The molecule has 0 aliphatic carbocycles. The maximum Gasteiger partial charge on any atom is 0.255 e. The lowest BCUT2D eigenvalue weighted by molar-refractivity contribution is 0.102. The van der Waals surface area contributed by atoms with Crippen LogP contribution in [0, 0.1) is 13.8 Å². The number of aryl methyl sites for hydroxylation is 2. The second-order valence-corrected chi connectivity index (χ2v) is 7.22.